The lowest BCUT2D eigenvalue weighted by atomic mass is 10.2. The fraction of sp³-hybridized carbons (Fsp3) is 0.421. The SMILES string of the molecule is CCOC(=O)N1CCN(c2ncc(S(=O)(=O)c3ccc(CC)cc3)c(N)n2)CC1. The van der Waals surface area contributed by atoms with E-state index in [0.29, 0.717) is 38.7 Å². The van der Waals surface area contributed by atoms with Gasteiger partial charge in [0.15, 0.2) is 0 Å². The Morgan fingerprint density at radius 2 is 1.79 bits per heavy atom. The number of anilines is 2. The van der Waals surface area contributed by atoms with Gasteiger partial charge in [-0.3, -0.25) is 0 Å². The molecule has 9 nitrogen and oxygen atoms in total. The number of rotatable bonds is 5. The predicted octanol–water partition coefficient (Wildman–Crippen LogP) is 1.73. The molecule has 2 heterocycles. The minimum Gasteiger partial charge on any atom is -0.450 e. The average Bonchev–Trinajstić information content (AvgIpc) is 2.74. The maximum atomic E-state index is 12.9. The second-order valence-electron chi connectivity index (χ2n) is 6.59. The first-order valence-electron chi connectivity index (χ1n) is 9.50. The van der Waals surface area contributed by atoms with Crippen LogP contribution in [0.1, 0.15) is 19.4 Å². The first-order chi connectivity index (χ1) is 13.9. The van der Waals surface area contributed by atoms with Crippen LogP contribution in [0.5, 0.6) is 0 Å². The first-order valence-corrected chi connectivity index (χ1v) is 11.0. The Labute approximate surface area is 170 Å². The van der Waals surface area contributed by atoms with E-state index in [0.717, 1.165) is 12.0 Å². The molecule has 0 radical (unpaired) electrons. The van der Waals surface area contributed by atoms with Crippen molar-refractivity contribution >= 4 is 27.7 Å². The standard InChI is InChI=1S/C19H25N5O4S/c1-3-14-5-7-15(8-6-14)29(26,27)16-13-21-18(22-17(16)20)23-9-11-24(12-10-23)19(25)28-4-2/h5-8,13H,3-4,9-12H2,1-2H3,(H2,20,21,22). The van der Waals surface area contributed by atoms with Crippen LogP contribution in [-0.4, -0.2) is 62.2 Å². The van der Waals surface area contributed by atoms with Crippen molar-refractivity contribution in [1.29, 1.82) is 0 Å². The van der Waals surface area contributed by atoms with Crippen LogP contribution < -0.4 is 10.6 Å². The summed E-state index contributed by atoms with van der Waals surface area (Å²) in [6, 6.07) is 6.69. The van der Waals surface area contributed by atoms with E-state index in [1.165, 1.54) is 6.20 Å². The van der Waals surface area contributed by atoms with Gasteiger partial charge in [-0.2, -0.15) is 4.98 Å². The number of hydrogen-bond donors (Lipinski definition) is 1. The Kier molecular flexibility index (Phi) is 6.21. The lowest BCUT2D eigenvalue weighted by molar-refractivity contribution is 0.105. The molecule has 3 rings (SSSR count). The first kappa shape index (κ1) is 20.8. The van der Waals surface area contributed by atoms with Crippen LogP contribution >= 0.6 is 0 Å². The molecule has 1 aliphatic heterocycles. The smallest absolute Gasteiger partial charge is 0.409 e. The maximum Gasteiger partial charge on any atom is 0.409 e. The summed E-state index contributed by atoms with van der Waals surface area (Å²) in [5, 5.41) is 0. The van der Waals surface area contributed by atoms with Crippen molar-refractivity contribution in [2.24, 2.45) is 0 Å². The number of carbonyl (C=O) groups excluding carboxylic acids is 1. The number of nitrogens with two attached hydrogens (primary N) is 1. The molecule has 1 aliphatic rings. The Morgan fingerprint density at radius 1 is 1.14 bits per heavy atom. The van der Waals surface area contributed by atoms with E-state index >= 15 is 0 Å². The molecule has 1 saturated heterocycles. The molecule has 1 aromatic carbocycles. The lowest BCUT2D eigenvalue weighted by Gasteiger charge is -2.34. The third-order valence-electron chi connectivity index (χ3n) is 4.79. The van der Waals surface area contributed by atoms with Crippen molar-refractivity contribution in [2.75, 3.05) is 43.4 Å². The largest absolute Gasteiger partial charge is 0.450 e. The summed E-state index contributed by atoms with van der Waals surface area (Å²) in [7, 11) is -3.81. The molecule has 10 heteroatoms. The Bertz CT molecular complexity index is 971. The van der Waals surface area contributed by atoms with Gasteiger partial charge in [0.2, 0.25) is 15.8 Å². The molecule has 1 amide bonds. The fourth-order valence-corrected chi connectivity index (χ4v) is 4.33. The topological polar surface area (TPSA) is 119 Å². The molecule has 29 heavy (non-hydrogen) atoms. The van der Waals surface area contributed by atoms with Crippen LogP contribution in [-0.2, 0) is 21.0 Å². The van der Waals surface area contributed by atoms with Gasteiger partial charge in [-0.05, 0) is 31.0 Å². The molecule has 156 valence electrons. The zero-order valence-electron chi connectivity index (χ0n) is 16.5. The van der Waals surface area contributed by atoms with E-state index in [1.54, 1.807) is 36.1 Å². The summed E-state index contributed by atoms with van der Waals surface area (Å²) in [6.45, 7) is 6.03. The van der Waals surface area contributed by atoms with Crippen LogP contribution in [0, 0.1) is 0 Å². The predicted molar refractivity (Wildman–Crippen MR) is 109 cm³/mol. The van der Waals surface area contributed by atoms with Crippen LogP contribution in [0.3, 0.4) is 0 Å². The van der Waals surface area contributed by atoms with E-state index in [9.17, 15) is 13.2 Å². The van der Waals surface area contributed by atoms with Gasteiger partial charge >= 0.3 is 6.09 Å². The van der Waals surface area contributed by atoms with E-state index in [1.807, 2.05) is 11.8 Å². The Morgan fingerprint density at radius 3 is 2.34 bits per heavy atom. The normalized spacial score (nSPS) is 14.7. The van der Waals surface area contributed by atoms with Gasteiger partial charge in [0, 0.05) is 26.2 Å². The maximum absolute atomic E-state index is 12.9. The lowest BCUT2D eigenvalue weighted by Crippen LogP contribution is -2.49. The number of amides is 1. The second kappa shape index (κ2) is 8.64. The molecule has 0 unspecified atom stereocenters. The molecule has 2 aromatic rings. The molecule has 0 bridgehead atoms. The van der Waals surface area contributed by atoms with Gasteiger partial charge in [0.25, 0.3) is 0 Å². The van der Waals surface area contributed by atoms with E-state index < -0.39 is 9.84 Å². The van der Waals surface area contributed by atoms with Gasteiger partial charge in [-0.25, -0.2) is 18.2 Å². The van der Waals surface area contributed by atoms with Crippen molar-refractivity contribution < 1.29 is 17.9 Å². The zero-order chi connectivity index (χ0) is 21.0. The summed E-state index contributed by atoms with van der Waals surface area (Å²) in [5.74, 6) is 0.244. The number of sulfone groups is 1. The Hall–Kier alpha value is -2.88. The fourth-order valence-electron chi connectivity index (χ4n) is 3.07. The molecule has 0 saturated carbocycles. The van der Waals surface area contributed by atoms with Gasteiger partial charge in [-0.1, -0.05) is 19.1 Å². The van der Waals surface area contributed by atoms with E-state index in [2.05, 4.69) is 9.97 Å². The van der Waals surface area contributed by atoms with Gasteiger partial charge in [-0.15, -0.1) is 0 Å². The molecule has 2 N–H and O–H groups in total. The minimum absolute atomic E-state index is 0.0950. The molecule has 0 aliphatic carbocycles. The van der Waals surface area contributed by atoms with Crippen LogP contribution in [0.15, 0.2) is 40.3 Å². The number of nitrogens with zero attached hydrogens (tertiary/aromatic N) is 4. The van der Waals surface area contributed by atoms with Gasteiger partial charge < -0.3 is 20.3 Å². The zero-order valence-corrected chi connectivity index (χ0v) is 17.4. The molecule has 1 aromatic heterocycles. The number of carbonyl (C=O) groups is 1. The monoisotopic (exact) mass is 419 g/mol. The van der Waals surface area contributed by atoms with Gasteiger partial charge in [0.1, 0.15) is 10.7 Å². The molecule has 0 spiro atoms. The number of ether oxygens (including phenoxy) is 1. The molecule has 1 fully saturated rings. The van der Waals surface area contributed by atoms with Crippen molar-refractivity contribution in [2.45, 2.75) is 30.1 Å². The number of benzene rings is 1. The number of hydrogen-bond acceptors (Lipinski definition) is 8. The van der Waals surface area contributed by atoms with Crippen LogP contribution in [0.25, 0.3) is 0 Å². The van der Waals surface area contributed by atoms with E-state index in [-0.39, 0.29) is 21.7 Å². The van der Waals surface area contributed by atoms with Crippen LogP contribution in [0.4, 0.5) is 16.6 Å². The van der Waals surface area contributed by atoms with E-state index in [4.69, 9.17) is 10.5 Å². The number of aryl methyl sites for hydroxylation is 1. The van der Waals surface area contributed by atoms with Crippen molar-refractivity contribution in [1.82, 2.24) is 14.9 Å². The average molecular weight is 420 g/mol. The van der Waals surface area contributed by atoms with Crippen molar-refractivity contribution in [3.63, 3.8) is 0 Å². The molecular weight excluding hydrogens is 394 g/mol. The summed E-state index contributed by atoms with van der Waals surface area (Å²) < 4.78 is 30.8. The third-order valence-corrected chi connectivity index (χ3v) is 6.58. The van der Waals surface area contributed by atoms with Crippen molar-refractivity contribution in [3.8, 4) is 0 Å². The quantitative estimate of drug-likeness (QED) is 0.778. The van der Waals surface area contributed by atoms with Crippen LogP contribution in [0.2, 0.25) is 0 Å². The second-order valence-corrected chi connectivity index (χ2v) is 8.51. The molecular formula is C19H25N5O4S. The number of piperazine rings is 1. The highest BCUT2D eigenvalue weighted by Gasteiger charge is 2.26. The summed E-state index contributed by atoms with van der Waals surface area (Å²) in [6.07, 6.45) is 1.73. The third kappa shape index (κ3) is 4.42. The summed E-state index contributed by atoms with van der Waals surface area (Å²) >= 11 is 0. The highest BCUT2D eigenvalue weighted by atomic mass is 32.2. The minimum atomic E-state index is -3.81. The van der Waals surface area contributed by atoms with Gasteiger partial charge in [0.05, 0.1) is 17.7 Å². The number of nitrogen functional groups attached to an aromatic ring is 1. The summed E-state index contributed by atoms with van der Waals surface area (Å²) in [5.41, 5.74) is 7.03. The molecule has 0 atom stereocenters. The number of aromatic nitrogens is 2. The van der Waals surface area contributed by atoms with Crippen molar-refractivity contribution in [3.05, 3.63) is 36.0 Å². The highest BCUT2D eigenvalue weighted by Crippen LogP contribution is 2.26. The highest BCUT2D eigenvalue weighted by molar-refractivity contribution is 7.91. The summed E-state index contributed by atoms with van der Waals surface area (Å²) in [4.78, 5) is 23.7. The Balaban J connectivity index is 1.76.